The molecule has 2 aromatic carbocycles. The van der Waals surface area contributed by atoms with Crippen LogP contribution in [0.1, 0.15) is 30.6 Å². The van der Waals surface area contributed by atoms with Crippen molar-refractivity contribution in [1.82, 2.24) is 5.32 Å². The van der Waals surface area contributed by atoms with Gasteiger partial charge >= 0.3 is 0 Å². The first-order valence-electron chi connectivity index (χ1n) is 8.37. The van der Waals surface area contributed by atoms with E-state index in [2.05, 4.69) is 23.9 Å². The van der Waals surface area contributed by atoms with Crippen LogP contribution in [0.15, 0.2) is 58.3 Å². The maximum absolute atomic E-state index is 12.4. The molecule has 0 fully saturated rings. The fourth-order valence-corrected chi connectivity index (χ4v) is 3.70. The van der Waals surface area contributed by atoms with Crippen LogP contribution in [0.25, 0.3) is 0 Å². The number of carbonyl (C=O) groups excluding carboxylic acids is 1. The summed E-state index contributed by atoms with van der Waals surface area (Å²) in [4.78, 5) is 13.2. The number of sulfonamides is 1. The Morgan fingerprint density at radius 2 is 1.65 bits per heavy atom. The zero-order valence-electron chi connectivity index (χ0n) is 15.2. The van der Waals surface area contributed by atoms with Crippen LogP contribution < -0.4 is 10.0 Å². The van der Waals surface area contributed by atoms with Crippen LogP contribution in [0.2, 0.25) is 0 Å². The van der Waals surface area contributed by atoms with Gasteiger partial charge in [-0.15, -0.1) is 11.8 Å². The first kappa shape index (κ1) is 20.3. The largest absolute Gasteiger partial charge is 0.352 e. The van der Waals surface area contributed by atoms with E-state index in [0.29, 0.717) is 23.7 Å². The highest BCUT2D eigenvalue weighted by atomic mass is 32.2. The predicted molar refractivity (Wildman–Crippen MR) is 107 cm³/mol. The van der Waals surface area contributed by atoms with E-state index >= 15 is 0 Å². The number of amides is 1. The number of hydrogen-bond donors (Lipinski definition) is 2. The van der Waals surface area contributed by atoms with Crippen LogP contribution in [0, 0.1) is 5.92 Å². The number of thioether (sulfide) groups is 1. The van der Waals surface area contributed by atoms with Crippen LogP contribution in [0.4, 0.5) is 5.69 Å². The number of anilines is 1. The highest BCUT2D eigenvalue weighted by Crippen LogP contribution is 2.20. The van der Waals surface area contributed by atoms with Gasteiger partial charge in [-0.2, -0.15) is 0 Å². The molecule has 2 rings (SSSR count). The molecule has 0 aliphatic heterocycles. The van der Waals surface area contributed by atoms with Crippen molar-refractivity contribution in [2.75, 3.05) is 17.5 Å². The molecule has 0 aliphatic carbocycles. The van der Waals surface area contributed by atoms with Crippen LogP contribution in [0.5, 0.6) is 0 Å². The van der Waals surface area contributed by atoms with E-state index < -0.39 is 10.0 Å². The number of hydrogen-bond acceptors (Lipinski definition) is 4. The second-order valence-corrected chi connectivity index (χ2v) is 8.86. The fraction of sp³-hybridized carbons (Fsp3) is 0.316. The quantitative estimate of drug-likeness (QED) is 0.666. The lowest BCUT2D eigenvalue weighted by atomic mass is 10.1. The molecule has 0 saturated carbocycles. The molecule has 0 unspecified atom stereocenters. The van der Waals surface area contributed by atoms with Gasteiger partial charge in [0.1, 0.15) is 0 Å². The van der Waals surface area contributed by atoms with Gasteiger partial charge in [0.25, 0.3) is 15.9 Å². The zero-order valence-corrected chi connectivity index (χ0v) is 16.8. The molecule has 26 heavy (non-hydrogen) atoms. The molecule has 0 bridgehead atoms. The molecular formula is C19H24N2O3S2. The maximum atomic E-state index is 12.4. The van der Waals surface area contributed by atoms with Crippen molar-refractivity contribution in [2.45, 2.75) is 30.1 Å². The SMILES string of the molecule is CSc1ccc(S(=O)(=O)Nc2ccc(C(=O)NCCC(C)C)cc2)cc1. The Morgan fingerprint density at radius 3 is 2.19 bits per heavy atom. The molecule has 0 saturated heterocycles. The highest BCUT2D eigenvalue weighted by Gasteiger charge is 2.14. The summed E-state index contributed by atoms with van der Waals surface area (Å²) in [6.45, 7) is 4.82. The molecule has 5 nitrogen and oxygen atoms in total. The Balaban J connectivity index is 2.02. The Bertz CT molecular complexity index is 830. The van der Waals surface area contributed by atoms with E-state index in [1.807, 2.05) is 6.26 Å². The van der Waals surface area contributed by atoms with E-state index in [1.54, 1.807) is 60.3 Å². The Kier molecular flexibility index (Phi) is 7.11. The molecule has 140 valence electrons. The van der Waals surface area contributed by atoms with Crippen LogP contribution in [-0.4, -0.2) is 27.1 Å². The lowest BCUT2D eigenvalue weighted by Crippen LogP contribution is -2.25. The highest BCUT2D eigenvalue weighted by molar-refractivity contribution is 7.98. The van der Waals surface area contributed by atoms with Gasteiger partial charge in [-0.1, -0.05) is 13.8 Å². The van der Waals surface area contributed by atoms with Crippen molar-refractivity contribution in [1.29, 1.82) is 0 Å². The minimum Gasteiger partial charge on any atom is -0.352 e. The Morgan fingerprint density at radius 1 is 1.04 bits per heavy atom. The summed E-state index contributed by atoms with van der Waals surface area (Å²) in [5.74, 6) is 0.366. The summed E-state index contributed by atoms with van der Waals surface area (Å²) in [5, 5.41) is 2.86. The lowest BCUT2D eigenvalue weighted by molar-refractivity contribution is 0.0952. The normalized spacial score (nSPS) is 11.4. The van der Waals surface area contributed by atoms with Crippen molar-refractivity contribution in [3.8, 4) is 0 Å². The van der Waals surface area contributed by atoms with E-state index in [9.17, 15) is 13.2 Å². The summed E-state index contributed by atoms with van der Waals surface area (Å²) in [7, 11) is -3.65. The number of benzene rings is 2. The van der Waals surface area contributed by atoms with Gasteiger partial charge < -0.3 is 5.32 Å². The van der Waals surface area contributed by atoms with Crippen molar-refractivity contribution < 1.29 is 13.2 Å². The number of carbonyl (C=O) groups is 1. The van der Waals surface area contributed by atoms with Crippen molar-refractivity contribution in [3.05, 3.63) is 54.1 Å². The first-order chi connectivity index (χ1) is 12.3. The molecule has 0 radical (unpaired) electrons. The molecule has 1 amide bonds. The van der Waals surface area contributed by atoms with E-state index in [1.165, 1.54) is 0 Å². The molecule has 7 heteroatoms. The third kappa shape index (κ3) is 5.78. The Hall–Kier alpha value is -1.99. The molecule has 0 heterocycles. The Labute approximate surface area is 159 Å². The van der Waals surface area contributed by atoms with Gasteiger partial charge in [-0.3, -0.25) is 9.52 Å². The fourth-order valence-electron chi connectivity index (χ4n) is 2.24. The molecule has 0 aromatic heterocycles. The molecule has 2 aromatic rings. The minimum atomic E-state index is -3.65. The van der Waals surface area contributed by atoms with E-state index in [-0.39, 0.29) is 10.8 Å². The first-order valence-corrected chi connectivity index (χ1v) is 11.1. The molecule has 0 aliphatic rings. The van der Waals surface area contributed by atoms with Crippen LogP contribution in [0.3, 0.4) is 0 Å². The molecular weight excluding hydrogens is 368 g/mol. The van der Waals surface area contributed by atoms with Gasteiger partial charge in [-0.05, 0) is 67.1 Å². The summed E-state index contributed by atoms with van der Waals surface area (Å²) < 4.78 is 27.4. The predicted octanol–water partition coefficient (Wildman–Crippen LogP) is 3.99. The van der Waals surface area contributed by atoms with Crippen LogP contribution in [-0.2, 0) is 10.0 Å². The third-order valence-electron chi connectivity index (χ3n) is 3.78. The molecule has 0 spiro atoms. The minimum absolute atomic E-state index is 0.160. The zero-order chi connectivity index (χ0) is 19.2. The van der Waals surface area contributed by atoms with Crippen LogP contribution >= 0.6 is 11.8 Å². The summed E-state index contributed by atoms with van der Waals surface area (Å²) in [6.07, 6.45) is 2.85. The standard InChI is InChI=1S/C19H24N2O3S2/c1-14(2)12-13-20-19(22)15-4-6-16(7-5-15)21-26(23,24)18-10-8-17(25-3)9-11-18/h4-11,14,21H,12-13H2,1-3H3,(H,20,22). The maximum Gasteiger partial charge on any atom is 0.261 e. The summed E-state index contributed by atoms with van der Waals surface area (Å²) in [5.41, 5.74) is 0.915. The van der Waals surface area contributed by atoms with Gasteiger partial charge in [0, 0.05) is 22.7 Å². The topological polar surface area (TPSA) is 75.3 Å². The third-order valence-corrected chi connectivity index (χ3v) is 5.92. The molecule has 2 N–H and O–H groups in total. The van der Waals surface area contributed by atoms with Gasteiger partial charge in [0.2, 0.25) is 0 Å². The number of nitrogens with one attached hydrogen (secondary N) is 2. The smallest absolute Gasteiger partial charge is 0.261 e. The van der Waals surface area contributed by atoms with E-state index in [0.717, 1.165) is 11.3 Å². The van der Waals surface area contributed by atoms with Crippen molar-refractivity contribution >= 4 is 33.4 Å². The van der Waals surface area contributed by atoms with Gasteiger partial charge in [0.15, 0.2) is 0 Å². The van der Waals surface area contributed by atoms with Gasteiger partial charge in [0.05, 0.1) is 4.90 Å². The summed E-state index contributed by atoms with van der Waals surface area (Å²) >= 11 is 1.55. The number of rotatable bonds is 8. The van der Waals surface area contributed by atoms with Gasteiger partial charge in [-0.25, -0.2) is 8.42 Å². The van der Waals surface area contributed by atoms with E-state index in [4.69, 9.17) is 0 Å². The second-order valence-electron chi connectivity index (χ2n) is 6.30. The summed E-state index contributed by atoms with van der Waals surface area (Å²) in [6, 6.07) is 13.1. The van der Waals surface area contributed by atoms with Crippen molar-refractivity contribution in [3.63, 3.8) is 0 Å². The average Bonchev–Trinajstić information content (AvgIpc) is 2.61. The average molecular weight is 393 g/mol. The second kappa shape index (κ2) is 9.09. The van der Waals surface area contributed by atoms with Crippen molar-refractivity contribution in [2.24, 2.45) is 5.92 Å². The lowest BCUT2D eigenvalue weighted by Gasteiger charge is -2.10. The monoisotopic (exact) mass is 392 g/mol. The molecule has 0 atom stereocenters.